The first kappa shape index (κ1) is 83.2. The number of hydrogen-bond donors (Lipinski definition) is 0. The molecule has 9 aromatic heterocycles. The van der Waals surface area contributed by atoms with E-state index in [4.69, 9.17) is 0 Å². The lowest BCUT2D eigenvalue weighted by molar-refractivity contribution is 1.18. The molecule has 33 aromatic rings. The summed E-state index contributed by atoms with van der Waals surface area (Å²) in [6, 6.07) is 187. The van der Waals surface area contributed by atoms with Crippen molar-refractivity contribution in [3.05, 3.63) is 510 Å². The zero-order valence-corrected chi connectivity index (χ0v) is 81.9. The Morgan fingerprint density at radius 2 is 0.429 bits per heavy atom. The van der Waals surface area contributed by atoms with Crippen LogP contribution in [0, 0.1) is 0 Å². The van der Waals surface area contributed by atoms with Crippen LogP contribution in [0.15, 0.2) is 510 Å². The van der Waals surface area contributed by atoms with Gasteiger partial charge in [-0.15, -0.1) is 34.0 Å². The Balaban J connectivity index is 0.0000000999. The van der Waals surface area contributed by atoms with Crippen LogP contribution < -0.4 is 0 Å². The maximum absolute atomic E-state index is 2.49. The van der Waals surface area contributed by atoms with Crippen LogP contribution in [0.1, 0.15) is 0 Å². The first-order valence-corrected chi connectivity index (χ1v) is 52.8. The highest BCUT2D eigenvalue weighted by molar-refractivity contribution is 7.27. The van der Waals surface area contributed by atoms with Crippen LogP contribution in [0.5, 0.6) is 0 Å². The van der Waals surface area contributed by atoms with Gasteiger partial charge in [0, 0.05) is 170 Å². The summed E-state index contributed by atoms with van der Waals surface area (Å²) < 4.78 is 22.7. The lowest BCUT2D eigenvalue weighted by atomic mass is 9.95. The average molecular weight is 1920 g/mol. The largest absolute Gasteiger partial charge is 0.309 e. The van der Waals surface area contributed by atoms with Gasteiger partial charge in [-0.05, 0) is 201 Å². The summed E-state index contributed by atoms with van der Waals surface area (Å²) in [5, 5.41) is 30.6. The Kier molecular flexibility index (Phi) is 18.7. The van der Waals surface area contributed by atoms with Gasteiger partial charge in [0.25, 0.3) is 0 Å². The van der Waals surface area contributed by atoms with Crippen molar-refractivity contribution in [1.82, 2.24) is 27.4 Å². The smallest absolute Gasteiger partial charge is 0.0619 e. The number of para-hydroxylation sites is 7. The molecule has 6 nitrogen and oxygen atoms in total. The van der Waals surface area contributed by atoms with E-state index in [-0.39, 0.29) is 0 Å². The first-order valence-electron chi connectivity index (χ1n) is 50.3. The molecule has 0 spiro atoms. The summed E-state index contributed by atoms with van der Waals surface area (Å²) in [6.07, 6.45) is 0. The van der Waals surface area contributed by atoms with E-state index in [2.05, 4.69) is 537 Å². The Hall–Kier alpha value is -18.5. The third kappa shape index (κ3) is 12.8. The fourth-order valence-corrected chi connectivity index (χ4v) is 28.1. The molecular formula is C138H84N6S3. The maximum atomic E-state index is 2.49. The van der Waals surface area contributed by atoms with E-state index in [0.29, 0.717) is 0 Å². The lowest BCUT2D eigenvalue weighted by Crippen LogP contribution is -1.96. The fraction of sp³-hybridized carbons (Fsp3) is 0. The maximum Gasteiger partial charge on any atom is 0.0619 e. The molecule has 0 unspecified atom stereocenters. The Morgan fingerprint density at radius 1 is 0.129 bits per heavy atom. The molecule has 0 saturated carbocycles. The summed E-state index contributed by atoms with van der Waals surface area (Å²) >= 11 is 5.66. The molecule has 0 atom stereocenters. The number of fused-ring (bicyclic) bond motifs is 31. The summed E-state index contributed by atoms with van der Waals surface area (Å²) in [7, 11) is 0. The quantitative estimate of drug-likeness (QED) is 0.138. The molecule has 9 heteroatoms. The van der Waals surface area contributed by atoms with Crippen molar-refractivity contribution in [2.75, 3.05) is 0 Å². The van der Waals surface area contributed by atoms with Gasteiger partial charge in [-0.3, -0.25) is 0 Å². The molecule has 0 amide bonds. The van der Waals surface area contributed by atoms with Crippen LogP contribution in [0.4, 0.5) is 0 Å². The zero-order chi connectivity index (χ0) is 96.2. The predicted molar refractivity (Wildman–Crippen MR) is 633 cm³/mol. The highest BCUT2D eigenvalue weighted by Crippen LogP contribution is 2.51. The third-order valence-corrected chi connectivity index (χ3v) is 34.6. The fourth-order valence-electron chi connectivity index (χ4n) is 24.4. The molecule has 147 heavy (non-hydrogen) atoms. The van der Waals surface area contributed by atoms with Gasteiger partial charge >= 0.3 is 0 Å². The molecular weight excluding hydrogens is 1840 g/mol. The molecule has 33 rings (SSSR count). The standard InChI is InChI=1S/3C46H28N2S/c1-2-11-31-26-33(25-20-29(31)10-1)48-42-18-7-4-13-36(42)40-27-43-39(28-44(40)48)35-12-3-6-17-41(35)47(43)32-23-21-30(22-24-32)34-15-9-16-38-37-14-5-8-19-45(37)49-46(34)38;1-2-13-29(14-3-1)47-40-22-9-6-17-33(40)38-28-44-39(27-43(38)47)34-18-7-10-23-41(34)48(44)42-26-25-31(30-15-4-5-16-32(30)42)36-20-12-21-37-35-19-8-11-24-45(35)49-46(36)37;1-2-12-31(13-3-1)48-43-27-39-35-15-6-8-19-41(35)47(42(39)28-40(43)37-26-23-29-11-4-5-14-33(29)45(37)48)32-24-21-30(22-25-32)34-17-10-18-38-36-16-7-9-20-44(36)49-46(34)38/h3*1-28H. The van der Waals surface area contributed by atoms with Gasteiger partial charge in [-0.1, -0.05) is 358 Å². The van der Waals surface area contributed by atoms with Crippen molar-refractivity contribution in [3.8, 4) is 67.5 Å². The van der Waals surface area contributed by atoms with E-state index >= 15 is 0 Å². The Morgan fingerprint density at radius 3 is 0.878 bits per heavy atom. The van der Waals surface area contributed by atoms with E-state index in [1.54, 1.807) is 0 Å². The van der Waals surface area contributed by atoms with Crippen molar-refractivity contribution in [3.63, 3.8) is 0 Å². The lowest BCUT2D eigenvalue weighted by Gasteiger charge is -2.15. The van der Waals surface area contributed by atoms with Crippen molar-refractivity contribution in [2.45, 2.75) is 0 Å². The molecule has 0 saturated heterocycles. The minimum absolute atomic E-state index is 1.16. The second-order valence-electron chi connectivity index (χ2n) is 38.8. The second kappa shape index (κ2) is 33.1. The molecule has 24 aromatic carbocycles. The summed E-state index contributed by atoms with van der Waals surface area (Å²) in [6.45, 7) is 0. The zero-order valence-electron chi connectivity index (χ0n) is 79.4. The molecule has 0 N–H and O–H groups in total. The molecule has 9 heterocycles. The van der Waals surface area contributed by atoms with Crippen molar-refractivity contribution in [1.29, 1.82) is 0 Å². The van der Waals surface area contributed by atoms with Gasteiger partial charge in [0.15, 0.2) is 0 Å². The summed E-state index contributed by atoms with van der Waals surface area (Å²) in [5.74, 6) is 0. The molecule has 0 aliphatic heterocycles. The van der Waals surface area contributed by atoms with Crippen LogP contribution in [0.25, 0.3) is 291 Å². The SMILES string of the molecule is c1ccc(-n2c3cc4c5ccccc5n(-c5ccc(-c6cccc7c6sc6ccccc67)cc5)c4cc3c3ccc4ccccc4c32)cc1.c1ccc(-n2c3ccccc3c3cc4c(cc32)c2ccccc2n4-c2ccc(-c3cccc4c3sc3ccccc34)c3ccccc23)cc1.c1ccc2cc(-n3c4ccccc4c4cc5c(cc43)c3ccccc3n5-c3ccc(-c4cccc5c4sc4ccccc45)cc3)ccc2c1. The molecule has 0 bridgehead atoms. The Bertz CT molecular complexity index is 11300. The first-order chi connectivity index (χ1) is 72.9. The van der Waals surface area contributed by atoms with Gasteiger partial charge in [0.05, 0.1) is 71.9 Å². The molecule has 0 fully saturated rings. The number of hydrogen-bond acceptors (Lipinski definition) is 3. The number of aromatic nitrogens is 6. The van der Waals surface area contributed by atoms with E-state index in [0.717, 1.165) is 11.4 Å². The van der Waals surface area contributed by atoms with Gasteiger partial charge in [0.1, 0.15) is 0 Å². The summed E-state index contributed by atoms with van der Waals surface area (Å²) in [4.78, 5) is 0. The minimum atomic E-state index is 1.16. The van der Waals surface area contributed by atoms with Crippen LogP contribution in [-0.2, 0) is 0 Å². The predicted octanol–water partition coefficient (Wildman–Crippen LogP) is 39.2. The number of thiophene rings is 3. The van der Waals surface area contributed by atoms with Gasteiger partial charge in [-0.2, -0.15) is 0 Å². The minimum Gasteiger partial charge on any atom is -0.309 e. The van der Waals surface area contributed by atoms with E-state index in [1.165, 1.54) is 280 Å². The van der Waals surface area contributed by atoms with Crippen molar-refractivity contribution >= 4 is 258 Å². The molecule has 0 aliphatic carbocycles. The van der Waals surface area contributed by atoms with Gasteiger partial charge in [-0.25, -0.2) is 0 Å². The monoisotopic (exact) mass is 1920 g/mol. The van der Waals surface area contributed by atoms with Crippen molar-refractivity contribution in [2.24, 2.45) is 0 Å². The van der Waals surface area contributed by atoms with Crippen molar-refractivity contribution < 1.29 is 0 Å². The number of benzene rings is 24. The van der Waals surface area contributed by atoms with Crippen LogP contribution in [-0.4, -0.2) is 27.4 Å². The van der Waals surface area contributed by atoms with Crippen LogP contribution >= 0.6 is 34.0 Å². The van der Waals surface area contributed by atoms with Gasteiger partial charge < -0.3 is 27.4 Å². The van der Waals surface area contributed by atoms with Crippen LogP contribution in [0.3, 0.4) is 0 Å². The Labute approximate surface area is 855 Å². The van der Waals surface area contributed by atoms with E-state index < -0.39 is 0 Å². The molecule has 684 valence electrons. The average Bonchev–Trinajstić information content (AvgIpc) is 1.55. The highest BCUT2D eigenvalue weighted by atomic mass is 32.1. The second-order valence-corrected chi connectivity index (χ2v) is 41.9. The van der Waals surface area contributed by atoms with Crippen LogP contribution in [0.2, 0.25) is 0 Å². The van der Waals surface area contributed by atoms with Gasteiger partial charge in [0.2, 0.25) is 0 Å². The topological polar surface area (TPSA) is 29.6 Å². The highest BCUT2D eigenvalue weighted by Gasteiger charge is 2.27. The number of nitrogens with zero attached hydrogens (tertiary/aromatic N) is 6. The van der Waals surface area contributed by atoms with E-state index in [1.807, 2.05) is 34.0 Å². The summed E-state index contributed by atoms with van der Waals surface area (Å²) in [5.41, 5.74) is 29.3. The normalized spacial score (nSPS) is 12.1. The number of rotatable bonds is 9. The van der Waals surface area contributed by atoms with E-state index in [9.17, 15) is 0 Å². The molecule has 0 aliphatic rings. The molecule has 0 radical (unpaired) electrons. The third-order valence-electron chi connectivity index (χ3n) is 30.9.